The number of carbonyl (C=O) groups is 2. The van der Waals surface area contributed by atoms with Crippen molar-refractivity contribution >= 4 is 18.0 Å². The first-order chi connectivity index (χ1) is 9.13. The highest BCUT2D eigenvalue weighted by atomic mass is 16.6. The highest BCUT2D eigenvalue weighted by Gasteiger charge is 2.10. The number of rotatable bonds is 5. The molecular weight excluding hydrogens is 246 g/mol. The van der Waals surface area contributed by atoms with Crippen molar-refractivity contribution in [3.8, 4) is 6.07 Å². The molecule has 0 aliphatic carbocycles. The minimum Gasteiger partial charge on any atom is -0.462 e. The van der Waals surface area contributed by atoms with Crippen molar-refractivity contribution < 1.29 is 19.1 Å². The molecule has 0 spiro atoms. The number of esters is 2. The Balaban J connectivity index is 2.56. The van der Waals surface area contributed by atoms with Gasteiger partial charge in [-0.25, -0.2) is 4.79 Å². The summed E-state index contributed by atoms with van der Waals surface area (Å²) >= 11 is 0. The third-order valence-electron chi connectivity index (χ3n) is 2.07. The number of hydrogen-bond donors (Lipinski definition) is 0. The van der Waals surface area contributed by atoms with Gasteiger partial charge in [0.05, 0.1) is 0 Å². The van der Waals surface area contributed by atoms with Crippen LogP contribution in [0.5, 0.6) is 0 Å². The molecule has 5 heteroatoms. The number of nitriles is 1. The number of carbonyl (C=O) groups excluding carboxylic acids is 2. The third kappa shape index (κ3) is 5.50. The fraction of sp³-hybridized carbons (Fsp3) is 0.214. The first-order valence-corrected chi connectivity index (χ1v) is 5.61. The lowest BCUT2D eigenvalue weighted by molar-refractivity contribution is -0.148. The molecule has 0 heterocycles. The van der Waals surface area contributed by atoms with Gasteiger partial charge in [0.25, 0.3) is 0 Å². The van der Waals surface area contributed by atoms with E-state index in [-0.39, 0.29) is 18.8 Å². The van der Waals surface area contributed by atoms with Gasteiger partial charge in [0.15, 0.2) is 0 Å². The second-order valence-corrected chi connectivity index (χ2v) is 3.56. The zero-order valence-corrected chi connectivity index (χ0v) is 10.5. The molecule has 0 saturated carbocycles. The Kier molecular flexibility index (Phi) is 5.83. The van der Waals surface area contributed by atoms with Crippen molar-refractivity contribution in [2.75, 3.05) is 13.2 Å². The fourth-order valence-corrected chi connectivity index (χ4v) is 1.25. The van der Waals surface area contributed by atoms with Crippen LogP contribution in [0.4, 0.5) is 0 Å². The molecule has 0 N–H and O–H groups in total. The molecule has 1 rings (SSSR count). The SMILES string of the molecule is CC(=O)OCCOC(=O)/C(C#N)=C\c1ccccc1. The molecule has 98 valence electrons. The number of benzene rings is 1. The normalized spacial score (nSPS) is 10.4. The molecule has 0 aromatic heterocycles. The predicted molar refractivity (Wildman–Crippen MR) is 67.6 cm³/mol. The average molecular weight is 259 g/mol. The van der Waals surface area contributed by atoms with E-state index in [1.54, 1.807) is 30.3 Å². The van der Waals surface area contributed by atoms with Crippen LogP contribution in [0, 0.1) is 11.3 Å². The molecule has 0 unspecified atom stereocenters. The van der Waals surface area contributed by atoms with Crippen molar-refractivity contribution in [2.45, 2.75) is 6.92 Å². The monoisotopic (exact) mass is 259 g/mol. The lowest BCUT2D eigenvalue weighted by atomic mass is 10.1. The van der Waals surface area contributed by atoms with Crippen LogP contribution < -0.4 is 0 Å². The predicted octanol–water partition coefficient (Wildman–Crippen LogP) is 1.70. The third-order valence-corrected chi connectivity index (χ3v) is 2.07. The van der Waals surface area contributed by atoms with Gasteiger partial charge in [-0.1, -0.05) is 30.3 Å². The Hall–Kier alpha value is -2.61. The van der Waals surface area contributed by atoms with Gasteiger partial charge in [-0.05, 0) is 11.6 Å². The summed E-state index contributed by atoms with van der Waals surface area (Å²) in [6.07, 6.45) is 1.44. The molecule has 5 nitrogen and oxygen atoms in total. The van der Waals surface area contributed by atoms with Gasteiger partial charge in [-0.3, -0.25) is 4.79 Å². The largest absolute Gasteiger partial charge is 0.462 e. The number of ether oxygens (including phenoxy) is 2. The van der Waals surface area contributed by atoms with Gasteiger partial charge in [0.1, 0.15) is 24.9 Å². The molecule has 0 radical (unpaired) electrons. The van der Waals surface area contributed by atoms with Gasteiger partial charge in [0, 0.05) is 6.92 Å². The quantitative estimate of drug-likeness (QED) is 0.348. The van der Waals surface area contributed by atoms with Crippen molar-refractivity contribution in [1.82, 2.24) is 0 Å². The van der Waals surface area contributed by atoms with E-state index in [0.29, 0.717) is 0 Å². The Morgan fingerprint density at radius 2 is 1.84 bits per heavy atom. The van der Waals surface area contributed by atoms with Gasteiger partial charge < -0.3 is 9.47 Å². The molecule has 0 amide bonds. The minimum atomic E-state index is -0.737. The van der Waals surface area contributed by atoms with Crippen LogP contribution in [0.1, 0.15) is 12.5 Å². The second kappa shape index (κ2) is 7.67. The van der Waals surface area contributed by atoms with E-state index >= 15 is 0 Å². The summed E-state index contributed by atoms with van der Waals surface area (Å²) < 4.78 is 9.42. The molecule has 0 aliphatic heterocycles. The van der Waals surface area contributed by atoms with Crippen LogP contribution in [0.25, 0.3) is 6.08 Å². The van der Waals surface area contributed by atoms with E-state index in [2.05, 4.69) is 4.74 Å². The molecule has 1 aromatic rings. The standard InChI is InChI=1S/C14H13NO4/c1-11(16)18-7-8-19-14(17)13(10-15)9-12-5-3-2-4-6-12/h2-6,9H,7-8H2,1H3/b13-9-. The summed E-state index contributed by atoms with van der Waals surface area (Å²) in [5, 5.41) is 8.90. The number of hydrogen-bond acceptors (Lipinski definition) is 5. The highest BCUT2D eigenvalue weighted by Crippen LogP contribution is 2.07. The van der Waals surface area contributed by atoms with Crippen LogP contribution in [0.15, 0.2) is 35.9 Å². The summed E-state index contributed by atoms with van der Waals surface area (Å²) in [5.74, 6) is -1.19. The van der Waals surface area contributed by atoms with E-state index in [1.165, 1.54) is 13.0 Å². The lowest BCUT2D eigenvalue weighted by Crippen LogP contribution is -2.13. The molecule has 0 saturated heterocycles. The van der Waals surface area contributed by atoms with E-state index in [4.69, 9.17) is 10.00 Å². The maximum absolute atomic E-state index is 11.6. The van der Waals surface area contributed by atoms with Crippen LogP contribution in [0.3, 0.4) is 0 Å². The summed E-state index contributed by atoms with van der Waals surface area (Å²) in [6, 6.07) is 10.7. The molecule has 1 aromatic carbocycles. The molecule has 0 fully saturated rings. The minimum absolute atomic E-state index is 0.0227. The maximum Gasteiger partial charge on any atom is 0.349 e. The topological polar surface area (TPSA) is 76.4 Å². The van der Waals surface area contributed by atoms with Gasteiger partial charge in [-0.2, -0.15) is 5.26 Å². The van der Waals surface area contributed by atoms with E-state index in [1.807, 2.05) is 6.07 Å². The van der Waals surface area contributed by atoms with E-state index < -0.39 is 11.9 Å². The van der Waals surface area contributed by atoms with Gasteiger partial charge in [0.2, 0.25) is 0 Å². The summed E-state index contributed by atoms with van der Waals surface area (Å²) in [4.78, 5) is 22.1. The second-order valence-electron chi connectivity index (χ2n) is 3.56. The van der Waals surface area contributed by atoms with Gasteiger partial charge in [-0.15, -0.1) is 0 Å². The lowest BCUT2D eigenvalue weighted by Gasteiger charge is -2.04. The van der Waals surface area contributed by atoms with Crippen molar-refractivity contribution in [2.24, 2.45) is 0 Å². The average Bonchev–Trinajstić information content (AvgIpc) is 2.41. The Labute approximate surface area is 111 Å². The van der Waals surface area contributed by atoms with Crippen molar-refractivity contribution in [1.29, 1.82) is 5.26 Å². The smallest absolute Gasteiger partial charge is 0.349 e. The van der Waals surface area contributed by atoms with Crippen LogP contribution >= 0.6 is 0 Å². The van der Waals surface area contributed by atoms with Crippen molar-refractivity contribution in [3.63, 3.8) is 0 Å². The Morgan fingerprint density at radius 3 is 2.42 bits per heavy atom. The summed E-state index contributed by atoms with van der Waals surface area (Å²) in [7, 11) is 0. The first kappa shape index (κ1) is 14.5. The zero-order valence-electron chi connectivity index (χ0n) is 10.5. The van der Waals surface area contributed by atoms with Gasteiger partial charge >= 0.3 is 11.9 Å². The van der Waals surface area contributed by atoms with Crippen LogP contribution in [0.2, 0.25) is 0 Å². The zero-order chi connectivity index (χ0) is 14.1. The maximum atomic E-state index is 11.6. The molecule has 0 bridgehead atoms. The highest BCUT2D eigenvalue weighted by molar-refractivity contribution is 5.97. The number of nitrogens with zero attached hydrogens (tertiary/aromatic N) is 1. The van der Waals surface area contributed by atoms with E-state index in [9.17, 15) is 9.59 Å². The summed E-state index contributed by atoms with van der Waals surface area (Å²) in [6.45, 7) is 1.16. The Bertz CT molecular complexity index is 514. The Morgan fingerprint density at radius 1 is 1.21 bits per heavy atom. The van der Waals surface area contributed by atoms with Crippen LogP contribution in [-0.2, 0) is 19.1 Å². The molecule has 19 heavy (non-hydrogen) atoms. The molecular formula is C14H13NO4. The van der Waals surface area contributed by atoms with Crippen LogP contribution in [-0.4, -0.2) is 25.2 Å². The van der Waals surface area contributed by atoms with Crippen molar-refractivity contribution in [3.05, 3.63) is 41.5 Å². The first-order valence-electron chi connectivity index (χ1n) is 5.61. The van der Waals surface area contributed by atoms with E-state index in [0.717, 1.165) is 5.56 Å². The molecule has 0 aliphatic rings. The summed E-state index contributed by atoms with van der Waals surface area (Å²) in [5.41, 5.74) is 0.630. The fourth-order valence-electron chi connectivity index (χ4n) is 1.25. The molecule has 0 atom stereocenters.